The fourth-order valence-electron chi connectivity index (χ4n) is 3.09. The molecule has 4 heteroatoms. The SMILES string of the molecule is CNC1(CO)CCC(n2cc(-c3ccccc3)cn2)C1. The van der Waals surface area contributed by atoms with Crippen LogP contribution in [0.5, 0.6) is 0 Å². The van der Waals surface area contributed by atoms with Crippen molar-refractivity contribution >= 4 is 0 Å². The normalized spacial score (nSPS) is 26.0. The van der Waals surface area contributed by atoms with Gasteiger partial charge in [0.2, 0.25) is 0 Å². The molecule has 1 saturated carbocycles. The number of rotatable bonds is 4. The molecule has 4 nitrogen and oxygen atoms in total. The molecule has 1 aliphatic rings. The first-order chi connectivity index (χ1) is 9.76. The van der Waals surface area contributed by atoms with Gasteiger partial charge in [-0.05, 0) is 31.9 Å². The number of nitrogens with zero attached hydrogens (tertiary/aromatic N) is 2. The van der Waals surface area contributed by atoms with E-state index in [1.807, 2.05) is 31.4 Å². The van der Waals surface area contributed by atoms with Crippen molar-refractivity contribution in [2.24, 2.45) is 0 Å². The number of nitrogens with one attached hydrogen (secondary N) is 1. The van der Waals surface area contributed by atoms with Crippen molar-refractivity contribution in [2.45, 2.75) is 30.8 Å². The fraction of sp³-hybridized carbons (Fsp3) is 0.438. The molecule has 1 aliphatic carbocycles. The monoisotopic (exact) mass is 271 g/mol. The Bertz CT molecular complexity index is 560. The van der Waals surface area contributed by atoms with Crippen LogP contribution in [-0.4, -0.2) is 34.1 Å². The number of aliphatic hydroxyl groups excluding tert-OH is 1. The van der Waals surface area contributed by atoms with Crippen LogP contribution in [-0.2, 0) is 0 Å². The summed E-state index contributed by atoms with van der Waals surface area (Å²) in [5.41, 5.74) is 2.21. The summed E-state index contributed by atoms with van der Waals surface area (Å²) in [5.74, 6) is 0. The quantitative estimate of drug-likeness (QED) is 0.896. The van der Waals surface area contributed by atoms with Crippen molar-refractivity contribution in [3.63, 3.8) is 0 Å². The lowest BCUT2D eigenvalue weighted by molar-refractivity contribution is 0.168. The van der Waals surface area contributed by atoms with Gasteiger partial charge in [-0.2, -0.15) is 5.10 Å². The van der Waals surface area contributed by atoms with Crippen molar-refractivity contribution in [1.29, 1.82) is 0 Å². The summed E-state index contributed by atoms with van der Waals surface area (Å²) in [6.45, 7) is 0.187. The fourth-order valence-corrected chi connectivity index (χ4v) is 3.09. The third kappa shape index (κ3) is 2.37. The van der Waals surface area contributed by atoms with Gasteiger partial charge in [0.25, 0.3) is 0 Å². The Morgan fingerprint density at radius 1 is 1.35 bits per heavy atom. The van der Waals surface area contributed by atoms with Crippen LogP contribution >= 0.6 is 0 Å². The van der Waals surface area contributed by atoms with Gasteiger partial charge in [-0.1, -0.05) is 30.3 Å². The lowest BCUT2D eigenvalue weighted by atomic mass is 9.99. The lowest BCUT2D eigenvalue weighted by Gasteiger charge is -2.26. The maximum Gasteiger partial charge on any atom is 0.0614 e. The number of aliphatic hydroxyl groups is 1. The van der Waals surface area contributed by atoms with E-state index < -0.39 is 0 Å². The van der Waals surface area contributed by atoms with Gasteiger partial charge >= 0.3 is 0 Å². The number of benzene rings is 1. The van der Waals surface area contributed by atoms with E-state index in [9.17, 15) is 5.11 Å². The Morgan fingerprint density at radius 3 is 2.80 bits per heavy atom. The third-order valence-corrected chi connectivity index (χ3v) is 4.50. The summed E-state index contributed by atoms with van der Waals surface area (Å²) in [7, 11) is 1.93. The summed E-state index contributed by atoms with van der Waals surface area (Å²) in [6, 6.07) is 10.7. The van der Waals surface area contributed by atoms with Crippen molar-refractivity contribution in [1.82, 2.24) is 15.1 Å². The predicted octanol–water partition coefficient (Wildman–Crippen LogP) is 2.23. The van der Waals surface area contributed by atoms with E-state index in [1.165, 1.54) is 5.56 Å². The smallest absolute Gasteiger partial charge is 0.0614 e. The molecule has 0 saturated heterocycles. The minimum absolute atomic E-state index is 0.135. The van der Waals surface area contributed by atoms with Gasteiger partial charge < -0.3 is 10.4 Å². The summed E-state index contributed by atoms with van der Waals surface area (Å²) in [4.78, 5) is 0. The molecule has 1 fully saturated rings. The van der Waals surface area contributed by atoms with Crippen molar-refractivity contribution in [2.75, 3.05) is 13.7 Å². The molecule has 2 aromatic rings. The highest BCUT2D eigenvalue weighted by Crippen LogP contribution is 2.37. The molecule has 0 bridgehead atoms. The molecule has 0 amide bonds. The van der Waals surface area contributed by atoms with Crippen molar-refractivity contribution < 1.29 is 5.11 Å². The van der Waals surface area contributed by atoms with Crippen molar-refractivity contribution in [3.05, 3.63) is 42.7 Å². The standard InChI is InChI=1S/C16H21N3O/c1-17-16(12-20)8-7-15(9-16)19-11-14(10-18-19)13-5-3-2-4-6-13/h2-6,10-11,15,17,20H,7-9,12H2,1H3. The molecule has 2 unspecified atom stereocenters. The van der Waals surface area contributed by atoms with E-state index in [0.717, 1.165) is 24.8 Å². The van der Waals surface area contributed by atoms with Crippen LogP contribution in [0.1, 0.15) is 25.3 Å². The van der Waals surface area contributed by atoms with Crippen LogP contribution in [0.3, 0.4) is 0 Å². The number of hydrogen-bond donors (Lipinski definition) is 2. The van der Waals surface area contributed by atoms with Gasteiger partial charge in [-0.3, -0.25) is 4.68 Å². The Kier molecular flexibility index (Phi) is 3.59. The van der Waals surface area contributed by atoms with E-state index in [0.29, 0.717) is 6.04 Å². The van der Waals surface area contributed by atoms with Crippen LogP contribution in [0.2, 0.25) is 0 Å². The number of likely N-dealkylation sites (N-methyl/N-ethyl adjacent to an activating group) is 1. The molecular weight excluding hydrogens is 250 g/mol. The van der Waals surface area contributed by atoms with Gasteiger partial charge in [-0.25, -0.2) is 0 Å². The molecule has 0 radical (unpaired) electrons. The van der Waals surface area contributed by atoms with E-state index >= 15 is 0 Å². The van der Waals surface area contributed by atoms with Crippen LogP contribution in [0, 0.1) is 0 Å². The lowest BCUT2D eigenvalue weighted by Crippen LogP contribution is -2.44. The summed E-state index contributed by atoms with van der Waals surface area (Å²) in [5, 5.41) is 17.4. The number of aromatic nitrogens is 2. The highest BCUT2D eigenvalue weighted by molar-refractivity contribution is 5.61. The van der Waals surface area contributed by atoms with Crippen LogP contribution in [0.25, 0.3) is 11.1 Å². The number of hydrogen-bond acceptors (Lipinski definition) is 3. The first kappa shape index (κ1) is 13.3. The van der Waals surface area contributed by atoms with E-state index in [4.69, 9.17) is 0 Å². The molecule has 106 valence electrons. The molecule has 20 heavy (non-hydrogen) atoms. The van der Waals surface area contributed by atoms with E-state index in [2.05, 4.69) is 33.4 Å². The molecular formula is C16H21N3O. The van der Waals surface area contributed by atoms with Crippen LogP contribution < -0.4 is 5.32 Å². The Morgan fingerprint density at radius 2 is 2.15 bits per heavy atom. The average Bonchev–Trinajstić information content (AvgIpc) is 3.15. The van der Waals surface area contributed by atoms with Crippen molar-refractivity contribution in [3.8, 4) is 11.1 Å². The van der Waals surface area contributed by atoms with Crippen LogP contribution in [0.4, 0.5) is 0 Å². The molecule has 2 atom stereocenters. The molecule has 0 aliphatic heterocycles. The van der Waals surface area contributed by atoms with Gasteiger partial charge in [0.15, 0.2) is 0 Å². The summed E-state index contributed by atoms with van der Waals surface area (Å²) >= 11 is 0. The molecule has 1 heterocycles. The second-order valence-electron chi connectivity index (χ2n) is 5.66. The highest BCUT2D eigenvalue weighted by Gasteiger charge is 2.38. The van der Waals surface area contributed by atoms with Gasteiger partial charge in [0.1, 0.15) is 0 Å². The minimum Gasteiger partial charge on any atom is -0.394 e. The second kappa shape index (κ2) is 5.38. The highest BCUT2D eigenvalue weighted by atomic mass is 16.3. The van der Waals surface area contributed by atoms with Crippen LogP contribution in [0.15, 0.2) is 42.7 Å². The minimum atomic E-state index is -0.135. The first-order valence-electron chi connectivity index (χ1n) is 7.16. The molecule has 0 spiro atoms. The third-order valence-electron chi connectivity index (χ3n) is 4.50. The van der Waals surface area contributed by atoms with Gasteiger partial charge in [-0.15, -0.1) is 0 Å². The zero-order valence-electron chi connectivity index (χ0n) is 11.8. The predicted molar refractivity (Wildman–Crippen MR) is 79.4 cm³/mol. The van der Waals surface area contributed by atoms with Gasteiger partial charge in [0, 0.05) is 17.3 Å². The molecule has 3 rings (SSSR count). The zero-order chi connectivity index (χ0) is 14.0. The summed E-state index contributed by atoms with van der Waals surface area (Å²) < 4.78 is 2.05. The zero-order valence-corrected chi connectivity index (χ0v) is 11.8. The average molecular weight is 271 g/mol. The summed E-state index contributed by atoms with van der Waals surface area (Å²) in [6.07, 6.45) is 7.01. The maximum absolute atomic E-state index is 9.57. The first-order valence-corrected chi connectivity index (χ1v) is 7.16. The largest absolute Gasteiger partial charge is 0.394 e. The topological polar surface area (TPSA) is 50.1 Å². The molecule has 2 N–H and O–H groups in total. The Hall–Kier alpha value is -1.65. The van der Waals surface area contributed by atoms with Gasteiger partial charge in [0.05, 0.1) is 18.8 Å². The second-order valence-corrected chi connectivity index (χ2v) is 5.66. The Labute approximate surface area is 119 Å². The Balaban J connectivity index is 1.79. The van der Waals surface area contributed by atoms with E-state index in [-0.39, 0.29) is 12.1 Å². The molecule has 1 aromatic heterocycles. The molecule has 1 aromatic carbocycles. The maximum atomic E-state index is 9.57. The van der Waals surface area contributed by atoms with E-state index in [1.54, 1.807) is 0 Å².